The molecule has 5 rings (SSSR count). The second-order valence-corrected chi connectivity index (χ2v) is 14.9. The number of hydrogen-bond acceptors (Lipinski definition) is 11. The Morgan fingerprint density at radius 2 is 1.49 bits per heavy atom. The van der Waals surface area contributed by atoms with E-state index in [9.17, 15) is 26.4 Å². The fourth-order valence-corrected chi connectivity index (χ4v) is 8.25. The number of nitrogens with one attached hydrogen (secondary N) is 1. The summed E-state index contributed by atoms with van der Waals surface area (Å²) >= 11 is 7.09. The molecule has 1 unspecified atom stereocenters. The van der Waals surface area contributed by atoms with E-state index in [1.807, 2.05) is 42.5 Å². The van der Waals surface area contributed by atoms with Crippen LogP contribution in [0.15, 0.2) is 93.9 Å². The molecule has 1 aliphatic heterocycles. The highest BCUT2D eigenvalue weighted by Crippen LogP contribution is 2.43. The lowest BCUT2D eigenvalue weighted by atomic mass is 9.89. The smallest absolute Gasteiger partial charge is 0.435 e. The van der Waals surface area contributed by atoms with E-state index in [2.05, 4.69) is 50.7 Å². The normalized spacial score (nSPS) is 14.3. The maximum Gasteiger partial charge on any atom is 0.435 e. The topological polar surface area (TPSA) is 181 Å². The summed E-state index contributed by atoms with van der Waals surface area (Å²) in [6.07, 6.45) is 1.08. The highest BCUT2D eigenvalue weighted by atomic mass is 79.9. The molecule has 258 valence electrons. The summed E-state index contributed by atoms with van der Waals surface area (Å²) < 4.78 is 72.6. The number of hydrogen-bond donors (Lipinski definition) is 2. The van der Waals surface area contributed by atoms with Gasteiger partial charge in [-0.25, -0.2) is 13.9 Å². The number of halogens is 2. The number of nitrogens with two attached hydrogens (primary N) is 1. The van der Waals surface area contributed by atoms with Gasteiger partial charge in [-0.1, -0.05) is 48.5 Å². The summed E-state index contributed by atoms with van der Waals surface area (Å²) in [7, 11) is -8.61. The first-order valence-electron chi connectivity index (χ1n) is 14.4. The molecule has 0 spiro atoms. The van der Waals surface area contributed by atoms with Gasteiger partial charge in [-0.15, -0.1) is 0 Å². The van der Waals surface area contributed by atoms with Crippen LogP contribution in [0, 0.1) is 0 Å². The van der Waals surface area contributed by atoms with E-state index >= 15 is 0 Å². The third-order valence-corrected chi connectivity index (χ3v) is 10.1. The number of anilines is 2. The van der Waals surface area contributed by atoms with E-state index in [1.54, 1.807) is 37.4 Å². The Morgan fingerprint density at radius 1 is 0.878 bits per heavy atom. The van der Waals surface area contributed by atoms with Gasteiger partial charge in [0, 0.05) is 6.04 Å². The van der Waals surface area contributed by atoms with Crippen molar-refractivity contribution in [2.24, 2.45) is 5.14 Å². The van der Waals surface area contributed by atoms with E-state index in [4.69, 9.17) is 9.47 Å². The van der Waals surface area contributed by atoms with Gasteiger partial charge in [0.15, 0.2) is 0 Å². The van der Waals surface area contributed by atoms with Crippen LogP contribution in [-0.4, -0.2) is 42.4 Å². The molecule has 4 aromatic carbocycles. The lowest BCUT2D eigenvalue weighted by molar-refractivity contribution is -0.155. The Labute approximate surface area is 300 Å². The fourth-order valence-electron chi connectivity index (χ4n) is 5.27. The molecular weight excluding hydrogens is 810 g/mol. The van der Waals surface area contributed by atoms with Crippen molar-refractivity contribution >= 4 is 75.8 Å². The van der Waals surface area contributed by atoms with Gasteiger partial charge in [0.1, 0.15) is 23.8 Å². The summed E-state index contributed by atoms with van der Waals surface area (Å²) in [6.45, 7) is 0.684. The molecule has 13 nitrogen and oxygen atoms in total. The van der Waals surface area contributed by atoms with Crippen LogP contribution in [0.1, 0.15) is 28.3 Å². The zero-order valence-corrected chi connectivity index (χ0v) is 30.5. The predicted molar refractivity (Wildman–Crippen MR) is 187 cm³/mol. The minimum atomic E-state index is -5.23. The van der Waals surface area contributed by atoms with Crippen LogP contribution < -0.4 is 24.2 Å². The number of benzene rings is 4. The molecule has 1 heterocycles. The summed E-state index contributed by atoms with van der Waals surface area (Å²) in [5.41, 5.74) is 3.34. The Balaban J connectivity index is 1.63. The highest BCUT2D eigenvalue weighted by Gasteiger charge is 2.37. The number of nitrogens with zero attached hydrogens (tertiary/aromatic N) is 1. The average Bonchev–Trinajstić information content (AvgIpc) is 3.04. The van der Waals surface area contributed by atoms with Crippen LogP contribution in [0.3, 0.4) is 0 Å². The number of fused-ring (bicyclic) bond motifs is 1. The number of carbonyl (C=O) groups excluding carboxylic acids is 2. The molecule has 0 bridgehead atoms. The molecule has 0 radical (unpaired) electrons. The SMILES string of the molecule is COc1c(Br)cc(CC2NCCc3cc(OCc4ccccc4)c(N(c4ccccc4)S(=O)(=O)OC(=O)C(=O)OS(N)(=O)=O)cc32)cc1Br. The maximum absolute atomic E-state index is 13.9. The predicted octanol–water partition coefficient (Wildman–Crippen LogP) is 4.90. The van der Waals surface area contributed by atoms with Crippen molar-refractivity contribution in [1.29, 1.82) is 0 Å². The van der Waals surface area contributed by atoms with Crippen molar-refractivity contribution in [2.75, 3.05) is 18.0 Å². The molecule has 1 atom stereocenters. The Hall–Kier alpha value is -4.00. The van der Waals surface area contributed by atoms with E-state index in [0.717, 1.165) is 31.2 Å². The summed E-state index contributed by atoms with van der Waals surface area (Å²) in [6, 6.07) is 23.8. The molecule has 3 N–H and O–H groups in total. The minimum Gasteiger partial charge on any atom is -0.494 e. The number of para-hydroxylation sites is 1. The average molecular weight is 840 g/mol. The first-order chi connectivity index (χ1) is 23.3. The van der Waals surface area contributed by atoms with Crippen molar-refractivity contribution in [1.82, 2.24) is 5.32 Å². The lowest BCUT2D eigenvalue weighted by Gasteiger charge is -2.31. The summed E-state index contributed by atoms with van der Waals surface area (Å²) in [4.78, 5) is 24.6. The van der Waals surface area contributed by atoms with Crippen LogP contribution in [0.2, 0.25) is 0 Å². The van der Waals surface area contributed by atoms with Gasteiger partial charge in [0.05, 0.1) is 21.7 Å². The van der Waals surface area contributed by atoms with Gasteiger partial charge in [0.25, 0.3) is 0 Å². The Kier molecular flexibility index (Phi) is 11.3. The van der Waals surface area contributed by atoms with E-state index in [-0.39, 0.29) is 29.8 Å². The number of carbonyl (C=O) groups is 2. The molecule has 0 aromatic heterocycles. The van der Waals surface area contributed by atoms with Crippen molar-refractivity contribution in [3.05, 3.63) is 116 Å². The molecule has 4 aromatic rings. The van der Waals surface area contributed by atoms with Crippen LogP contribution >= 0.6 is 31.9 Å². The molecule has 17 heteroatoms. The number of methoxy groups -OCH3 is 1. The van der Waals surface area contributed by atoms with Crippen molar-refractivity contribution in [2.45, 2.75) is 25.5 Å². The van der Waals surface area contributed by atoms with Gasteiger partial charge in [-0.05, 0) is 110 Å². The van der Waals surface area contributed by atoms with Gasteiger partial charge < -0.3 is 23.2 Å². The van der Waals surface area contributed by atoms with Crippen LogP contribution in [0.4, 0.5) is 11.4 Å². The van der Waals surface area contributed by atoms with Gasteiger partial charge in [-0.2, -0.15) is 22.0 Å². The molecule has 49 heavy (non-hydrogen) atoms. The molecule has 0 saturated carbocycles. The van der Waals surface area contributed by atoms with Crippen molar-refractivity contribution in [3.8, 4) is 11.5 Å². The molecule has 1 aliphatic rings. The van der Waals surface area contributed by atoms with Crippen LogP contribution in [0.5, 0.6) is 11.5 Å². The molecule has 0 amide bonds. The number of ether oxygens (including phenoxy) is 2. The van der Waals surface area contributed by atoms with Crippen LogP contribution in [0.25, 0.3) is 0 Å². The first-order valence-corrected chi connectivity index (χ1v) is 18.9. The maximum atomic E-state index is 13.9. The second kappa shape index (κ2) is 15.3. The zero-order chi connectivity index (χ0) is 35.3. The fraction of sp³-hybridized carbons (Fsp3) is 0.188. The van der Waals surface area contributed by atoms with Crippen molar-refractivity contribution < 1.29 is 44.3 Å². The Bertz CT molecular complexity index is 2060. The van der Waals surface area contributed by atoms with Crippen molar-refractivity contribution in [3.63, 3.8) is 0 Å². The van der Waals surface area contributed by atoms with E-state index in [0.29, 0.717) is 29.4 Å². The lowest BCUT2D eigenvalue weighted by Crippen LogP contribution is -2.36. The molecule has 0 saturated heterocycles. The molecular formula is C32H29Br2N3O10S2. The largest absolute Gasteiger partial charge is 0.494 e. The second-order valence-electron chi connectivity index (χ2n) is 10.6. The van der Waals surface area contributed by atoms with E-state index in [1.165, 1.54) is 12.1 Å². The van der Waals surface area contributed by atoms with E-state index < -0.39 is 32.5 Å². The quantitative estimate of drug-likeness (QED) is 0.196. The van der Waals surface area contributed by atoms with Gasteiger partial charge in [-0.3, -0.25) is 0 Å². The third kappa shape index (κ3) is 8.97. The summed E-state index contributed by atoms with van der Waals surface area (Å²) in [5, 5.41) is 8.17. The van der Waals surface area contributed by atoms with Crippen LogP contribution in [-0.2, 0) is 58.0 Å². The van der Waals surface area contributed by atoms with Gasteiger partial charge >= 0.3 is 32.5 Å². The summed E-state index contributed by atoms with van der Waals surface area (Å²) in [5.74, 6) is -3.51. The third-order valence-electron chi connectivity index (χ3n) is 7.29. The molecule has 0 fully saturated rings. The monoisotopic (exact) mass is 837 g/mol. The van der Waals surface area contributed by atoms with Gasteiger partial charge in [0.2, 0.25) is 0 Å². The number of rotatable bonds is 11. The molecule has 0 aliphatic carbocycles. The standard InChI is InChI=1S/C32H29Br2N3O10S2/c1-44-30-25(33)14-21(15-26(30)34)16-27-24-18-28(29(17-22(24)12-13-36-27)45-19-20-8-4-2-5-9-20)37(23-10-6-3-7-11-23)49(42,43)47-32(39)31(38)46-48(35,40)41/h2-11,14-15,17-18,27,36H,12-13,16,19H2,1H3,(H2,35,40,41). The first kappa shape index (κ1) is 36.3. The minimum absolute atomic E-state index is 0.0166. The highest BCUT2D eigenvalue weighted by molar-refractivity contribution is 9.11. The Morgan fingerprint density at radius 3 is 2.10 bits per heavy atom. The zero-order valence-electron chi connectivity index (χ0n) is 25.7.